The van der Waals surface area contributed by atoms with Crippen molar-refractivity contribution in [1.82, 2.24) is 5.32 Å². The van der Waals surface area contributed by atoms with E-state index in [1.165, 1.54) is 24.3 Å². The number of carbonyl (C=O) groups is 1. The molecular formula is C18H24ClN3O3S. The standard InChI is InChI=1S/C18H23N3O3S.ClH/c1-14-4-8-16(9-5-14)21-25(23,24)17-10-6-15(7-11-17)18(22)20-13-3-2-12-19;/h4-11,21H,2-3,12-13,19H2,1H3,(H,20,22);1H. The van der Waals surface area contributed by atoms with Gasteiger partial charge in [-0.15, -0.1) is 12.4 Å². The minimum Gasteiger partial charge on any atom is -0.352 e. The van der Waals surface area contributed by atoms with Crippen molar-refractivity contribution < 1.29 is 13.2 Å². The molecule has 6 nitrogen and oxygen atoms in total. The normalized spacial score (nSPS) is 10.7. The summed E-state index contributed by atoms with van der Waals surface area (Å²) in [5.74, 6) is -0.229. The molecule has 0 aromatic heterocycles. The molecule has 0 aliphatic heterocycles. The van der Waals surface area contributed by atoms with Crippen LogP contribution in [-0.2, 0) is 10.0 Å². The highest BCUT2D eigenvalue weighted by Gasteiger charge is 2.15. The first kappa shape index (κ1) is 22.0. The number of hydrogen-bond donors (Lipinski definition) is 3. The van der Waals surface area contributed by atoms with E-state index in [1.807, 2.05) is 19.1 Å². The zero-order chi connectivity index (χ0) is 18.3. The number of nitrogens with one attached hydrogen (secondary N) is 2. The molecule has 4 N–H and O–H groups in total. The molecule has 2 rings (SSSR count). The van der Waals surface area contributed by atoms with E-state index in [2.05, 4.69) is 10.0 Å². The second-order valence-electron chi connectivity index (χ2n) is 5.75. The fourth-order valence-electron chi connectivity index (χ4n) is 2.19. The van der Waals surface area contributed by atoms with E-state index in [1.54, 1.807) is 12.1 Å². The van der Waals surface area contributed by atoms with Crippen LogP contribution in [0.15, 0.2) is 53.4 Å². The lowest BCUT2D eigenvalue weighted by atomic mass is 10.2. The van der Waals surface area contributed by atoms with Gasteiger partial charge < -0.3 is 11.1 Å². The number of aryl methyl sites for hydroxylation is 1. The molecule has 0 aliphatic rings. The van der Waals surface area contributed by atoms with Gasteiger partial charge in [-0.05, 0) is 62.7 Å². The van der Waals surface area contributed by atoms with Gasteiger partial charge in [0.2, 0.25) is 0 Å². The second-order valence-corrected chi connectivity index (χ2v) is 7.43. The number of amides is 1. The number of halogens is 1. The van der Waals surface area contributed by atoms with Crippen LogP contribution in [0.4, 0.5) is 5.69 Å². The van der Waals surface area contributed by atoms with Crippen molar-refractivity contribution in [1.29, 1.82) is 0 Å². The first-order valence-corrected chi connectivity index (χ1v) is 9.58. The van der Waals surface area contributed by atoms with Crippen molar-refractivity contribution in [2.24, 2.45) is 5.73 Å². The Kier molecular flexibility index (Phi) is 8.57. The van der Waals surface area contributed by atoms with Crippen LogP contribution >= 0.6 is 12.4 Å². The molecule has 0 heterocycles. The van der Waals surface area contributed by atoms with Crippen LogP contribution in [0, 0.1) is 6.92 Å². The van der Waals surface area contributed by atoms with Crippen molar-refractivity contribution in [3.05, 3.63) is 59.7 Å². The van der Waals surface area contributed by atoms with Crippen molar-refractivity contribution >= 4 is 34.0 Å². The van der Waals surface area contributed by atoms with E-state index >= 15 is 0 Å². The average Bonchev–Trinajstić information content (AvgIpc) is 2.60. The molecule has 0 aliphatic carbocycles. The Morgan fingerprint density at radius 3 is 2.19 bits per heavy atom. The van der Waals surface area contributed by atoms with Gasteiger partial charge in [0.1, 0.15) is 0 Å². The zero-order valence-electron chi connectivity index (χ0n) is 14.6. The van der Waals surface area contributed by atoms with Crippen LogP contribution in [-0.4, -0.2) is 27.4 Å². The Morgan fingerprint density at radius 1 is 1.00 bits per heavy atom. The zero-order valence-corrected chi connectivity index (χ0v) is 16.2. The minimum atomic E-state index is -3.69. The summed E-state index contributed by atoms with van der Waals surface area (Å²) in [4.78, 5) is 12.1. The van der Waals surface area contributed by atoms with E-state index in [9.17, 15) is 13.2 Å². The maximum Gasteiger partial charge on any atom is 0.261 e. The molecule has 8 heteroatoms. The molecule has 2 aromatic carbocycles. The minimum absolute atomic E-state index is 0. The number of benzene rings is 2. The van der Waals surface area contributed by atoms with E-state index in [0.29, 0.717) is 24.3 Å². The van der Waals surface area contributed by atoms with Gasteiger partial charge >= 0.3 is 0 Å². The monoisotopic (exact) mass is 397 g/mol. The molecule has 0 radical (unpaired) electrons. The van der Waals surface area contributed by atoms with E-state index < -0.39 is 10.0 Å². The summed E-state index contributed by atoms with van der Waals surface area (Å²) < 4.78 is 27.3. The lowest BCUT2D eigenvalue weighted by molar-refractivity contribution is 0.0953. The summed E-state index contributed by atoms with van der Waals surface area (Å²) in [5, 5.41) is 2.78. The summed E-state index contributed by atoms with van der Waals surface area (Å²) >= 11 is 0. The lowest BCUT2D eigenvalue weighted by Crippen LogP contribution is -2.25. The molecule has 0 saturated carbocycles. The van der Waals surface area contributed by atoms with Gasteiger partial charge in [0.05, 0.1) is 4.90 Å². The fraction of sp³-hybridized carbons (Fsp3) is 0.278. The number of anilines is 1. The van der Waals surface area contributed by atoms with Crippen LogP contribution in [0.5, 0.6) is 0 Å². The van der Waals surface area contributed by atoms with Crippen LogP contribution in [0.2, 0.25) is 0 Å². The average molecular weight is 398 g/mol. The van der Waals surface area contributed by atoms with Gasteiger partial charge in [0.25, 0.3) is 15.9 Å². The summed E-state index contributed by atoms with van der Waals surface area (Å²) in [7, 11) is -3.69. The molecule has 2 aromatic rings. The number of sulfonamides is 1. The van der Waals surface area contributed by atoms with E-state index in [4.69, 9.17) is 5.73 Å². The predicted molar refractivity (Wildman–Crippen MR) is 106 cm³/mol. The summed E-state index contributed by atoms with van der Waals surface area (Å²) in [6.07, 6.45) is 1.66. The number of unbranched alkanes of at least 4 members (excludes halogenated alkanes) is 1. The van der Waals surface area contributed by atoms with Gasteiger partial charge in [-0.2, -0.15) is 0 Å². The van der Waals surface area contributed by atoms with E-state index in [0.717, 1.165) is 18.4 Å². The number of hydrogen-bond acceptors (Lipinski definition) is 4. The Labute approximate surface area is 160 Å². The maximum atomic E-state index is 12.4. The van der Waals surface area contributed by atoms with Crippen LogP contribution < -0.4 is 15.8 Å². The topological polar surface area (TPSA) is 101 Å². The highest BCUT2D eigenvalue weighted by atomic mass is 35.5. The lowest BCUT2D eigenvalue weighted by Gasteiger charge is -2.09. The number of carbonyl (C=O) groups excluding carboxylic acids is 1. The van der Waals surface area contributed by atoms with Crippen LogP contribution in [0.1, 0.15) is 28.8 Å². The molecule has 0 atom stereocenters. The first-order valence-electron chi connectivity index (χ1n) is 8.10. The Morgan fingerprint density at radius 2 is 1.62 bits per heavy atom. The van der Waals surface area contributed by atoms with Crippen molar-refractivity contribution in [2.75, 3.05) is 17.8 Å². The van der Waals surface area contributed by atoms with Crippen LogP contribution in [0.3, 0.4) is 0 Å². The number of nitrogens with two attached hydrogens (primary N) is 1. The molecule has 26 heavy (non-hydrogen) atoms. The third kappa shape index (κ3) is 6.33. The van der Waals surface area contributed by atoms with Gasteiger partial charge in [-0.25, -0.2) is 8.42 Å². The van der Waals surface area contributed by atoms with Crippen LogP contribution in [0.25, 0.3) is 0 Å². The quantitative estimate of drug-likeness (QED) is 0.596. The molecule has 0 unspecified atom stereocenters. The first-order chi connectivity index (χ1) is 11.9. The Bertz CT molecular complexity index is 807. The van der Waals surface area contributed by atoms with Crippen molar-refractivity contribution in [3.8, 4) is 0 Å². The molecular weight excluding hydrogens is 374 g/mol. The van der Waals surface area contributed by atoms with E-state index in [-0.39, 0.29) is 23.2 Å². The second kappa shape index (κ2) is 10.2. The SMILES string of the molecule is Cc1ccc(NS(=O)(=O)c2ccc(C(=O)NCCCCN)cc2)cc1.Cl. The highest BCUT2D eigenvalue weighted by Crippen LogP contribution is 2.17. The highest BCUT2D eigenvalue weighted by molar-refractivity contribution is 7.92. The van der Waals surface area contributed by atoms with Gasteiger partial charge in [-0.3, -0.25) is 9.52 Å². The molecule has 0 bridgehead atoms. The van der Waals surface area contributed by atoms with Crippen molar-refractivity contribution in [2.45, 2.75) is 24.7 Å². The van der Waals surface area contributed by atoms with Gasteiger partial charge in [0.15, 0.2) is 0 Å². The largest absolute Gasteiger partial charge is 0.352 e. The summed E-state index contributed by atoms with van der Waals surface area (Å²) in [6.45, 7) is 3.07. The Balaban J connectivity index is 0.00000338. The molecule has 1 amide bonds. The molecule has 0 spiro atoms. The smallest absolute Gasteiger partial charge is 0.261 e. The fourth-order valence-corrected chi connectivity index (χ4v) is 3.25. The maximum absolute atomic E-state index is 12.4. The van der Waals surface area contributed by atoms with Gasteiger partial charge in [-0.1, -0.05) is 17.7 Å². The summed E-state index contributed by atoms with van der Waals surface area (Å²) in [6, 6.07) is 12.9. The molecule has 0 fully saturated rings. The molecule has 142 valence electrons. The third-order valence-electron chi connectivity index (χ3n) is 3.65. The predicted octanol–water partition coefficient (Wildman–Crippen LogP) is 2.69. The van der Waals surface area contributed by atoms with Crippen molar-refractivity contribution in [3.63, 3.8) is 0 Å². The molecule has 0 saturated heterocycles. The Hall–Kier alpha value is -2.09. The summed E-state index contributed by atoms with van der Waals surface area (Å²) in [5.41, 5.74) is 7.36. The number of rotatable bonds is 8. The third-order valence-corrected chi connectivity index (χ3v) is 5.04. The van der Waals surface area contributed by atoms with Gasteiger partial charge in [0, 0.05) is 17.8 Å².